The number of carbonyl (C=O) groups is 2. The Balaban J connectivity index is 1.59. The predicted molar refractivity (Wildman–Crippen MR) is 129 cm³/mol. The number of nitrogens with two attached hydrogens (primary N) is 1. The number of carbonyl (C=O) groups excluding carboxylic acids is 2. The van der Waals surface area contributed by atoms with Crippen LogP contribution < -0.4 is 11.1 Å². The largest absolute Gasteiger partial charge is 0.343 e. The molecule has 0 bridgehead atoms. The normalized spacial score (nSPS) is 18.2. The maximum atomic E-state index is 13.4. The lowest BCUT2D eigenvalue weighted by atomic mass is 10.0. The number of benzene rings is 2. The summed E-state index contributed by atoms with van der Waals surface area (Å²) in [5.74, 6) is -0.396. The van der Waals surface area contributed by atoms with Crippen molar-refractivity contribution >= 4 is 33.9 Å². The summed E-state index contributed by atoms with van der Waals surface area (Å²) in [6.07, 6.45) is 1.80. The number of rotatable bonds is 6. The lowest BCUT2D eigenvalue weighted by Gasteiger charge is -2.30. The van der Waals surface area contributed by atoms with Crippen molar-refractivity contribution in [2.24, 2.45) is 11.7 Å². The van der Waals surface area contributed by atoms with Crippen molar-refractivity contribution < 1.29 is 9.59 Å². The standard InChI is InChI=1S/C25H30N4O2S/c1-15(2)22(28-23(30)16(3)26)25(31)29-13-7-12-21(29)24-27-20(14-32-24)19-11-6-9-17-8-4-5-10-18(17)19/h4-6,8-11,14-16,21-22H,7,12-13,26H2,1-3H3,(H,28,30)/t16-,21?,22?/m0/s1. The van der Waals surface area contributed by atoms with Crippen LogP contribution in [0.15, 0.2) is 47.8 Å². The van der Waals surface area contributed by atoms with Gasteiger partial charge in [0, 0.05) is 17.5 Å². The van der Waals surface area contributed by atoms with E-state index in [-0.39, 0.29) is 23.8 Å². The molecule has 32 heavy (non-hydrogen) atoms. The fourth-order valence-corrected chi connectivity index (χ4v) is 5.24. The fourth-order valence-electron chi connectivity index (χ4n) is 4.28. The second kappa shape index (κ2) is 9.38. The first-order valence-electron chi connectivity index (χ1n) is 11.2. The monoisotopic (exact) mass is 450 g/mol. The first kappa shape index (κ1) is 22.4. The van der Waals surface area contributed by atoms with Crippen LogP contribution >= 0.6 is 11.3 Å². The smallest absolute Gasteiger partial charge is 0.246 e. The van der Waals surface area contributed by atoms with E-state index < -0.39 is 12.1 Å². The molecular formula is C25H30N4O2S. The predicted octanol–water partition coefficient (Wildman–Crippen LogP) is 4.11. The van der Waals surface area contributed by atoms with Crippen LogP contribution in [0.2, 0.25) is 0 Å². The zero-order valence-electron chi connectivity index (χ0n) is 18.7. The van der Waals surface area contributed by atoms with Gasteiger partial charge in [-0.05, 0) is 36.5 Å². The van der Waals surface area contributed by atoms with Crippen LogP contribution in [0.3, 0.4) is 0 Å². The summed E-state index contributed by atoms with van der Waals surface area (Å²) >= 11 is 1.60. The van der Waals surface area contributed by atoms with E-state index in [4.69, 9.17) is 10.7 Å². The van der Waals surface area contributed by atoms with E-state index in [1.807, 2.05) is 30.9 Å². The van der Waals surface area contributed by atoms with E-state index in [1.54, 1.807) is 18.3 Å². The van der Waals surface area contributed by atoms with Gasteiger partial charge in [-0.1, -0.05) is 56.3 Å². The summed E-state index contributed by atoms with van der Waals surface area (Å²) in [6.45, 7) is 6.18. The van der Waals surface area contributed by atoms with Crippen molar-refractivity contribution in [2.75, 3.05) is 6.54 Å². The Hall–Kier alpha value is -2.77. The molecule has 0 radical (unpaired) electrons. The molecule has 1 aromatic heterocycles. The van der Waals surface area contributed by atoms with Gasteiger partial charge in [0.25, 0.3) is 0 Å². The third-order valence-corrected chi connectivity index (χ3v) is 7.00. The van der Waals surface area contributed by atoms with Crippen LogP contribution in [0.5, 0.6) is 0 Å². The molecule has 168 valence electrons. The summed E-state index contributed by atoms with van der Waals surface area (Å²) in [7, 11) is 0. The molecule has 2 amide bonds. The minimum Gasteiger partial charge on any atom is -0.343 e. The van der Waals surface area contributed by atoms with Crippen LogP contribution in [-0.2, 0) is 9.59 Å². The molecule has 1 aliphatic rings. The highest BCUT2D eigenvalue weighted by molar-refractivity contribution is 7.10. The Labute approximate surface area is 192 Å². The third kappa shape index (κ3) is 4.40. The number of hydrogen-bond acceptors (Lipinski definition) is 5. The molecule has 3 N–H and O–H groups in total. The second-order valence-corrected chi connectivity index (χ2v) is 9.70. The van der Waals surface area contributed by atoms with Gasteiger partial charge in [-0.3, -0.25) is 9.59 Å². The summed E-state index contributed by atoms with van der Waals surface area (Å²) < 4.78 is 0. The van der Waals surface area contributed by atoms with Gasteiger partial charge in [0.15, 0.2) is 0 Å². The van der Waals surface area contributed by atoms with E-state index in [0.29, 0.717) is 6.54 Å². The number of likely N-dealkylation sites (tertiary alicyclic amines) is 1. The van der Waals surface area contributed by atoms with E-state index >= 15 is 0 Å². The van der Waals surface area contributed by atoms with Crippen LogP contribution in [0.4, 0.5) is 0 Å². The Morgan fingerprint density at radius 1 is 1.16 bits per heavy atom. The van der Waals surface area contributed by atoms with Gasteiger partial charge in [0.1, 0.15) is 11.0 Å². The van der Waals surface area contributed by atoms with Crippen LogP contribution in [0.25, 0.3) is 22.0 Å². The number of thiazole rings is 1. The summed E-state index contributed by atoms with van der Waals surface area (Å²) in [6, 6.07) is 13.2. The average Bonchev–Trinajstić information content (AvgIpc) is 3.45. The summed E-state index contributed by atoms with van der Waals surface area (Å²) in [5, 5.41) is 8.22. The number of fused-ring (bicyclic) bond motifs is 1. The van der Waals surface area contributed by atoms with Crippen molar-refractivity contribution in [2.45, 2.75) is 51.7 Å². The molecule has 2 unspecified atom stereocenters. The number of aromatic nitrogens is 1. The van der Waals surface area contributed by atoms with E-state index in [2.05, 4.69) is 41.0 Å². The molecule has 3 atom stereocenters. The average molecular weight is 451 g/mol. The maximum absolute atomic E-state index is 13.4. The maximum Gasteiger partial charge on any atom is 0.246 e. The topological polar surface area (TPSA) is 88.3 Å². The van der Waals surface area contributed by atoms with Crippen LogP contribution in [0.1, 0.15) is 44.7 Å². The lowest BCUT2D eigenvalue weighted by molar-refractivity contribution is -0.138. The SMILES string of the molecule is CC(C)C(NC(=O)[C@H](C)N)C(=O)N1CCCC1c1nc(-c2cccc3ccccc23)cs1. The van der Waals surface area contributed by atoms with Crippen molar-refractivity contribution in [3.05, 3.63) is 52.9 Å². The number of amides is 2. The Morgan fingerprint density at radius 2 is 1.91 bits per heavy atom. The molecule has 3 aromatic rings. The van der Waals surface area contributed by atoms with Gasteiger partial charge in [-0.2, -0.15) is 0 Å². The zero-order valence-corrected chi connectivity index (χ0v) is 19.6. The van der Waals surface area contributed by atoms with Gasteiger partial charge in [-0.25, -0.2) is 4.98 Å². The first-order valence-corrected chi connectivity index (χ1v) is 12.0. The number of nitrogens with zero attached hydrogens (tertiary/aromatic N) is 2. The molecule has 0 spiro atoms. The van der Waals surface area contributed by atoms with E-state index in [0.717, 1.165) is 29.1 Å². The molecule has 7 heteroatoms. The van der Waals surface area contributed by atoms with Crippen LogP contribution in [0, 0.1) is 5.92 Å². The highest BCUT2D eigenvalue weighted by Gasteiger charge is 2.37. The molecule has 2 aromatic carbocycles. The van der Waals surface area contributed by atoms with Crippen molar-refractivity contribution in [1.29, 1.82) is 0 Å². The highest BCUT2D eigenvalue weighted by atomic mass is 32.1. The minimum atomic E-state index is -0.652. The summed E-state index contributed by atoms with van der Waals surface area (Å²) in [4.78, 5) is 32.4. The van der Waals surface area contributed by atoms with Gasteiger partial charge >= 0.3 is 0 Å². The van der Waals surface area contributed by atoms with Gasteiger partial charge in [0.2, 0.25) is 11.8 Å². The molecule has 2 heterocycles. The third-order valence-electron chi connectivity index (χ3n) is 6.05. The van der Waals surface area contributed by atoms with E-state index in [1.165, 1.54) is 10.8 Å². The quantitative estimate of drug-likeness (QED) is 0.591. The van der Waals surface area contributed by atoms with Gasteiger partial charge in [0.05, 0.1) is 17.8 Å². The minimum absolute atomic E-state index is 0.0333. The fraction of sp³-hybridized carbons (Fsp3) is 0.400. The van der Waals surface area contributed by atoms with Crippen molar-refractivity contribution in [1.82, 2.24) is 15.2 Å². The van der Waals surface area contributed by atoms with Crippen LogP contribution in [-0.4, -0.2) is 40.3 Å². The number of hydrogen-bond donors (Lipinski definition) is 2. The summed E-state index contributed by atoms with van der Waals surface area (Å²) in [5.41, 5.74) is 7.75. The Kier molecular flexibility index (Phi) is 6.58. The Morgan fingerprint density at radius 3 is 2.66 bits per heavy atom. The van der Waals surface area contributed by atoms with E-state index in [9.17, 15) is 9.59 Å². The molecular weight excluding hydrogens is 420 g/mol. The highest BCUT2D eigenvalue weighted by Crippen LogP contribution is 2.37. The Bertz CT molecular complexity index is 1120. The van der Waals surface area contributed by atoms with Crippen molar-refractivity contribution in [3.8, 4) is 11.3 Å². The molecule has 6 nitrogen and oxygen atoms in total. The van der Waals surface area contributed by atoms with Gasteiger partial charge < -0.3 is 16.0 Å². The molecule has 0 aliphatic carbocycles. The zero-order chi connectivity index (χ0) is 22.8. The van der Waals surface area contributed by atoms with Gasteiger partial charge in [-0.15, -0.1) is 11.3 Å². The number of nitrogens with one attached hydrogen (secondary N) is 1. The molecule has 4 rings (SSSR count). The first-order chi connectivity index (χ1) is 15.4. The molecule has 1 aliphatic heterocycles. The lowest BCUT2D eigenvalue weighted by Crippen LogP contribution is -2.54. The second-order valence-electron chi connectivity index (χ2n) is 8.81. The van der Waals surface area contributed by atoms with Crippen molar-refractivity contribution in [3.63, 3.8) is 0 Å². The molecule has 1 fully saturated rings. The molecule has 0 saturated carbocycles. The molecule has 1 saturated heterocycles.